The van der Waals surface area contributed by atoms with Crippen molar-refractivity contribution in [1.29, 1.82) is 0 Å². The highest BCUT2D eigenvalue weighted by Gasteiger charge is 2.30. The maximum atomic E-state index is 12.4. The van der Waals surface area contributed by atoms with Crippen LogP contribution >= 0.6 is 0 Å². The quantitative estimate of drug-likeness (QED) is 0.590. The van der Waals surface area contributed by atoms with Crippen molar-refractivity contribution in [2.45, 2.75) is 52.8 Å². The van der Waals surface area contributed by atoms with Crippen LogP contribution in [-0.4, -0.2) is 29.3 Å². The third-order valence-corrected chi connectivity index (χ3v) is 5.83. The molecule has 33 heavy (non-hydrogen) atoms. The van der Waals surface area contributed by atoms with Gasteiger partial charge in [-0.2, -0.15) is 0 Å². The second kappa shape index (κ2) is 9.53. The number of ether oxygens (including phenoxy) is 1. The minimum atomic E-state index is -0.240. The summed E-state index contributed by atoms with van der Waals surface area (Å²) < 4.78 is 11.6. The SMILES string of the molecule is CC(=O)N1CCc2ccc(OCc3ccc(C(=O)NC(C)C)o3)cc2[C@@H]1c1ccc(C)cc1. The fourth-order valence-corrected chi connectivity index (χ4v) is 4.20. The minimum absolute atomic E-state index is 0.0360. The molecule has 0 saturated heterocycles. The lowest BCUT2D eigenvalue weighted by Crippen LogP contribution is -2.39. The average molecular weight is 447 g/mol. The molecule has 1 aliphatic heterocycles. The van der Waals surface area contributed by atoms with E-state index in [0.717, 1.165) is 17.5 Å². The molecule has 172 valence electrons. The summed E-state index contributed by atoms with van der Waals surface area (Å²) in [5, 5.41) is 2.81. The zero-order valence-electron chi connectivity index (χ0n) is 19.6. The Balaban J connectivity index is 1.56. The van der Waals surface area contributed by atoms with Gasteiger partial charge in [0.15, 0.2) is 5.76 Å². The van der Waals surface area contributed by atoms with E-state index in [2.05, 4.69) is 42.6 Å². The molecule has 1 N–H and O–H groups in total. The zero-order chi connectivity index (χ0) is 23.5. The number of amides is 2. The van der Waals surface area contributed by atoms with E-state index in [9.17, 15) is 9.59 Å². The number of nitrogens with zero attached hydrogens (tertiary/aromatic N) is 1. The third kappa shape index (κ3) is 5.11. The van der Waals surface area contributed by atoms with Crippen molar-refractivity contribution in [2.75, 3.05) is 6.54 Å². The van der Waals surface area contributed by atoms with Gasteiger partial charge in [0.05, 0.1) is 6.04 Å². The topological polar surface area (TPSA) is 71.8 Å². The van der Waals surface area contributed by atoms with Crippen LogP contribution in [0.15, 0.2) is 59.0 Å². The van der Waals surface area contributed by atoms with Gasteiger partial charge in [0.2, 0.25) is 5.91 Å². The number of nitrogens with one attached hydrogen (secondary N) is 1. The van der Waals surface area contributed by atoms with Crippen LogP contribution in [0.2, 0.25) is 0 Å². The van der Waals surface area contributed by atoms with Gasteiger partial charge < -0.3 is 19.4 Å². The standard InChI is InChI=1S/C27H30N2O4/c1-17(2)28-27(31)25-12-11-23(33-25)16-32-22-10-9-20-13-14-29(19(4)30)26(24(20)15-22)21-7-5-18(3)6-8-21/h5-12,15,17,26H,13-14,16H2,1-4H3,(H,28,31)/t26-/m0/s1. The molecule has 0 fully saturated rings. The molecule has 0 aliphatic carbocycles. The van der Waals surface area contributed by atoms with Gasteiger partial charge in [-0.25, -0.2) is 0 Å². The number of furan rings is 1. The summed E-state index contributed by atoms with van der Waals surface area (Å²) in [7, 11) is 0. The first-order chi connectivity index (χ1) is 15.8. The van der Waals surface area contributed by atoms with Gasteiger partial charge in [0, 0.05) is 19.5 Å². The summed E-state index contributed by atoms with van der Waals surface area (Å²) in [6.45, 7) is 8.38. The Labute approximate surface area is 194 Å². The molecule has 0 radical (unpaired) electrons. The lowest BCUT2D eigenvalue weighted by atomic mass is 9.87. The van der Waals surface area contributed by atoms with E-state index < -0.39 is 0 Å². The molecule has 1 aromatic heterocycles. The van der Waals surface area contributed by atoms with E-state index in [1.807, 2.05) is 30.9 Å². The predicted molar refractivity (Wildman–Crippen MR) is 126 cm³/mol. The highest BCUT2D eigenvalue weighted by atomic mass is 16.5. The molecule has 2 heterocycles. The monoisotopic (exact) mass is 446 g/mol. The molecule has 3 aromatic rings. The normalized spacial score (nSPS) is 15.3. The fraction of sp³-hybridized carbons (Fsp3) is 0.333. The molecule has 2 amide bonds. The largest absolute Gasteiger partial charge is 0.486 e. The molecule has 0 unspecified atom stereocenters. The molecule has 4 rings (SSSR count). The molecule has 6 heteroatoms. The first-order valence-electron chi connectivity index (χ1n) is 11.3. The molecule has 0 spiro atoms. The van der Waals surface area contributed by atoms with Crippen LogP contribution in [0.3, 0.4) is 0 Å². The van der Waals surface area contributed by atoms with Crippen LogP contribution in [0.5, 0.6) is 5.75 Å². The van der Waals surface area contributed by atoms with E-state index in [1.165, 1.54) is 11.1 Å². The summed E-state index contributed by atoms with van der Waals surface area (Å²) in [6.07, 6.45) is 0.810. The highest BCUT2D eigenvalue weighted by molar-refractivity contribution is 5.91. The lowest BCUT2D eigenvalue weighted by Gasteiger charge is -2.37. The predicted octanol–water partition coefficient (Wildman–Crippen LogP) is 4.80. The first-order valence-corrected chi connectivity index (χ1v) is 11.3. The van der Waals surface area contributed by atoms with E-state index in [4.69, 9.17) is 9.15 Å². The lowest BCUT2D eigenvalue weighted by molar-refractivity contribution is -0.130. The average Bonchev–Trinajstić information content (AvgIpc) is 3.26. The van der Waals surface area contributed by atoms with Crippen LogP contribution in [0, 0.1) is 6.92 Å². The number of benzene rings is 2. The number of aryl methyl sites for hydroxylation is 1. The summed E-state index contributed by atoms with van der Waals surface area (Å²) in [5.41, 5.74) is 4.56. The number of rotatable bonds is 6. The Morgan fingerprint density at radius 1 is 1.12 bits per heavy atom. The smallest absolute Gasteiger partial charge is 0.287 e. The van der Waals surface area contributed by atoms with Crippen molar-refractivity contribution in [3.05, 3.63) is 88.4 Å². The van der Waals surface area contributed by atoms with Gasteiger partial charge in [-0.05, 0) is 68.1 Å². The molecule has 0 bridgehead atoms. The Morgan fingerprint density at radius 2 is 1.88 bits per heavy atom. The van der Waals surface area contributed by atoms with Gasteiger partial charge in [-0.1, -0.05) is 35.9 Å². The Morgan fingerprint density at radius 3 is 2.58 bits per heavy atom. The maximum absolute atomic E-state index is 12.4. The van der Waals surface area contributed by atoms with Crippen LogP contribution in [-0.2, 0) is 17.8 Å². The minimum Gasteiger partial charge on any atom is -0.486 e. The summed E-state index contributed by atoms with van der Waals surface area (Å²) >= 11 is 0. The molecule has 0 saturated carbocycles. The number of carbonyl (C=O) groups is 2. The van der Waals surface area contributed by atoms with Gasteiger partial charge in [0.1, 0.15) is 18.1 Å². The van der Waals surface area contributed by atoms with E-state index in [1.54, 1.807) is 19.1 Å². The van der Waals surface area contributed by atoms with Crippen molar-refractivity contribution < 1.29 is 18.7 Å². The van der Waals surface area contributed by atoms with Gasteiger partial charge in [0.25, 0.3) is 5.91 Å². The molecular formula is C27H30N2O4. The summed E-state index contributed by atoms with van der Waals surface area (Å²) in [6, 6.07) is 17.7. The number of carbonyl (C=O) groups excluding carboxylic acids is 2. The van der Waals surface area contributed by atoms with Gasteiger partial charge in [-0.3, -0.25) is 9.59 Å². The second-order valence-corrected chi connectivity index (χ2v) is 8.82. The number of hydrogen-bond acceptors (Lipinski definition) is 4. The summed E-state index contributed by atoms with van der Waals surface area (Å²) in [4.78, 5) is 26.5. The Hall–Kier alpha value is -3.54. The van der Waals surface area contributed by atoms with E-state index >= 15 is 0 Å². The van der Waals surface area contributed by atoms with Crippen LogP contribution in [0.1, 0.15) is 65.4 Å². The highest BCUT2D eigenvalue weighted by Crippen LogP contribution is 2.37. The Kier molecular flexibility index (Phi) is 6.54. The van der Waals surface area contributed by atoms with Crippen molar-refractivity contribution in [1.82, 2.24) is 10.2 Å². The molecule has 1 aliphatic rings. The van der Waals surface area contributed by atoms with Crippen molar-refractivity contribution in [3.8, 4) is 5.75 Å². The number of hydrogen-bond donors (Lipinski definition) is 1. The fourth-order valence-electron chi connectivity index (χ4n) is 4.20. The molecule has 2 aromatic carbocycles. The van der Waals surface area contributed by atoms with E-state index in [-0.39, 0.29) is 36.3 Å². The van der Waals surface area contributed by atoms with Crippen LogP contribution in [0.4, 0.5) is 0 Å². The number of fused-ring (bicyclic) bond motifs is 1. The second-order valence-electron chi connectivity index (χ2n) is 8.82. The van der Waals surface area contributed by atoms with Crippen molar-refractivity contribution in [2.24, 2.45) is 0 Å². The zero-order valence-corrected chi connectivity index (χ0v) is 19.6. The first kappa shape index (κ1) is 22.6. The van der Waals surface area contributed by atoms with E-state index in [0.29, 0.717) is 18.1 Å². The van der Waals surface area contributed by atoms with Crippen LogP contribution < -0.4 is 10.1 Å². The van der Waals surface area contributed by atoms with Gasteiger partial charge >= 0.3 is 0 Å². The van der Waals surface area contributed by atoms with Crippen molar-refractivity contribution >= 4 is 11.8 Å². The molecular weight excluding hydrogens is 416 g/mol. The Bertz CT molecular complexity index is 1150. The maximum Gasteiger partial charge on any atom is 0.287 e. The third-order valence-electron chi connectivity index (χ3n) is 5.83. The summed E-state index contributed by atoms with van der Waals surface area (Å²) in [5.74, 6) is 1.35. The van der Waals surface area contributed by atoms with Crippen LogP contribution in [0.25, 0.3) is 0 Å². The van der Waals surface area contributed by atoms with Crippen molar-refractivity contribution in [3.63, 3.8) is 0 Å². The molecule has 6 nitrogen and oxygen atoms in total. The molecule has 1 atom stereocenters. The van der Waals surface area contributed by atoms with Gasteiger partial charge in [-0.15, -0.1) is 0 Å².